The van der Waals surface area contributed by atoms with E-state index in [1.165, 1.54) is 5.69 Å². The van der Waals surface area contributed by atoms with Gasteiger partial charge in [-0.15, -0.1) is 0 Å². The number of anilines is 1. The Labute approximate surface area is 656 Å². The van der Waals surface area contributed by atoms with E-state index in [4.69, 9.17) is 43.6 Å². The first-order chi connectivity index (χ1) is 54.3. The van der Waals surface area contributed by atoms with Crippen molar-refractivity contribution >= 4 is 72.4 Å². The molecule has 29 nitrogen and oxygen atoms in total. The van der Waals surface area contributed by atoms with Crippen LogP contribution in [-0.4, -0.2) is 187 Å². The Morgan fingerprint density at radius 3 is 1.18 bits per heavy atom. The molecule has 12 aromatic rings. The van der Waals surface area contributed by atoms with E-state index in [1.54, 1.807) is 23.4 Å². The van der Waals surface area contributed by atoms with Gasteiger partial charge in [0.25, 0.3) is 0 Å². The van der Waals surface area contributed by atoms with Crippen molar-refractivity contribution in [2.45, 2.75) is 155 Å². The van der Waals surface area contributed by atoms with Crippen molar-refractivity contribution in [2.24, 2.45) is 66.0 Å². The van der Waals surface area contributed by atoms with Crippen LogP contribution in [-0.2, 0) is 66.2 Å². The van der Waals surface area contributed by atoms with Gasteiger partial charge in [-0.25, -0.2) is 19.9 Å². The molecule has 18 rings (SSSR count). The molecule has 29 heteroatoms. The Hall–Kier alpha value is -11.1. The average Bonchev–Trinajstić information content (AvgIpc) is 1.74. The number of pyridine rings is 4. The minimum Gasteiger partial charge on any atom is -0.474 e. The molecule has 9 atom stereocenters. The summed E-state index contributed by atoms with van der Waals surface area (Å²) in [6, 6.07) is 16.8. The highest BCUT2D eigenvalue weighted by Crippen LogP contribution is 2.40. The first-order valence-electron chi connectivity index (χ1n) is 39.6. The molecular formula is C84H102N20O9. The molecule has 0 bridgehead atoms. The topological polar surface area (TPSA) is 297 Å². The van der Waals surface area contributed by atoms with Gasteiger partial charge in [0.15, 0.2) is 0 Å². The number of fused-ring (bicyclic) bond motifs is 4. The third-order valence-electron chi connectivity index (χ3n) is 23.3. The molecule has 2 aliphatic heterocycles. The SMILES string of the molecule is C[C@@H](Oc1nc(-c2ccc(N3CCN(C)CC3)cc2)cc2nn(C)cc12)[C@H]1CCC(=O)C1.C[C@@H](Oc1nc(-c2cnn([C@H]3CCOC3)c2)cc2nn(C)cc12)[C@H]1CCC(=O)C1.Cc1c(-c2cc3nn(C)cc3c(O[C@H](C)[C@H]3CCC(=O)C3)n2)cnn1C.Cc1nn(C)cc1-c1cc2nn(C)cc2c(O[C@H](C)[C@H]2CCC(=O)C2)n1. The van der Waals surface area contributed by atoms with E-state index in [1.807, 2.05) is 167 Å². The van der Waals surface area contributed by atoms with Crippen molar-refractivity contribution in [1.29, 1.82) is 0 Å². The third-order valence-corrected chi connectivity index (χ3v) is 23.3. The van der Waals surface area contributed by atoms with Gasteiger partial charge >= 0.3 is 0 Å². The number of hydrogen-bond acceptors (Lipinski definition) is 22. The number of ether oxygens (including phenoxy) is 5. The lowest BCUT2D eigenvalue weighted by Gasteiger charge is -2.34. The zero-order chi connectivity index (χ0) is 79.0. The van der Waals surface area contributed by atoms with Crippen LogP contribution in [0.1, 0.15) is 129 Å². The molecule has 0 spiro atoms. The number of likely N-dealkylation sites (N-methyl/N-ethyl adjacent to an activating group) is 1. The second-order valence-electron chi connectivity index (χ2n) is 31.8. The molecule has 0 N–H and O–H groups in total. The molecule has 11 aromatic heterocycles. The van der Waals surface area contributed by atoms with Gasteiger partial charge in [-0.2, -0.15) is 35.7 Å². The van der Waals surface area contributed by atoms with Gasteiger partial charge in [0.2, 0.25) is 23.5 Å². The first kappa shape index (κ1) is 77.3. The van der Waals surface area contributed by atoms with Crippen molar-refractivity contribution < 1.29 is 42.9 Å². The van der Waals surface area contributed by atoms with Gasteiger partial charge in [0.1, 0.15) is 47.5 Å². The van der Waals surface area contributed by atoms with Crippen molar-refractivity contribution in [3.8, 4) is 68.5 Å². The molecule has 6 fully saturated rings. The lowest BCUT2D eigenvalue weighted by atomic mass is 10.0. The number of carbonyl (C=O) groups excluding carboxylic acids is 4. The van der Waals surface area contributed by atoms with E-state index in [0.717, 1.165) is 165 Å². The van der Waals surface area contributed by atoms with Crippen LogP contribution < -0.4 is 23.8 Å². The number of hydrogen-bond donors (Lipinski definition) is 0. The van der Waals surface area contributed by atoms with Crippen LogP contribution in [0.5, 0.6) is 23.5 Å². The summed E-state index contributed by atoms with van der Waals surface area (Å²) in [5, 5.41) is 35.0. The largest absolute Gasteiger partial charge is 0.474 e. The van der Waals surface area contributed by atoms with E-state index in [9.17, 15) is 19.2 Å². The van der Waals surface area contributed by atoms with Crippen molar-refractivity contribution in [3.63, 3.8) is 0 Å². The zero-order valence-electron chi connectivity index (χ0n) is 67.0. The third kappa shape index (κ3) is 17.4. The zero-order valence-corrected chi connectivity index (χ0v) is 67.0. The van der Waals surface area contributed by atoms with Crippen molar-refractivity contribution in [1.82, 2.24) is 93.3 Å². The summed E-state index contributed by atoms with van der Waals surface area (Å²) < 4.78 is 43.2. The van der Waals surface area contributed by atoms with Crippen LogP contribution in [0, 0.1) is 37.5 Å². The molecule has 6 aliphatic rings. The number of carbonyl (C=O) groups is 4. The molecule has 113 heavy (non-hydrogen) atoms. The van der Waals surface area contributed by atoms with Crippen LogP contribution in [0.25, 0.3) is 88.6 Å². The van der Waals surface area contributed by atoms with E-state index < -0.39 is 0 Å². The Balaban J connectivity index is 0.000000119. The minimum absolute atomic E-state index is 0.0628. The summed E-state index contributed by atoms with van der Waals surface area (Å²) in [6.07, 6.45) is 24.6. The Morgan fingerprint density at radius 2 is 0.814 bits per heavy atom. The summed E-state index contributed by atoms with van der Waals surface area (Å²) in [6.45, 7) is 17.8. The molecule has 1 aromatic carbocycles. The van der Waals surface area contributed by atoms with E-state index in [0.29, 0.717) is 105 Å². The van der Waals surface area contributed by atoms with Gasteiger partial charge < -0.3 is 33.5 Å². The maximum atomic E-state index is 11.7. The number of aryl methyl sites for hydroxylation is 7. The highest BCUT2D eigenvalue weighted by molar-refractivity contribution is 5.91. The van der Waals surface area contributed by atoms with E-state index >= 15 is 0 Å². The van der Waals surface area contributed by atoms with E-state index in [2.05, 4.69) is 76.8 Å². The average molecular weight is 1540 g/mol. The summed E-state index contributed by atoms with van der Waals surface area (Å²) >= 11 is 0. The Kier molecular flexibility index (Phi) is 22.5. The molecule has 13 heterocycles. The number of nitrogens with zero attached hydrogens (tertiary/aromatic N) is 20. The second-order valence-corrected chi connectivity index (χ2v) is 31.8. The fourth-order valence-electron chi connectivity index (χ4n) is 16.3. The lowest BCUT2D eigenvalue weighted by Crippen LogP contribution is -2.44. The lowest BCUT2D eigenvalue weighted by molar-refractivity contribution is -0.118. The molecule has 592 valence electrons. The fraction of sp³-hybridized carbons (Fsp3) is 0.488. The predicted molar refractivity (Wildman–Crippen MR) is 429 cm³/mol. The highest BCUT2D eigenvalue weighted by atomic mass is 16.5. The summed E-state index contributed by atoms with van der Waals surface area (Å²) in [5.74, 6) is 4.60. The van der Waals surface area contributed by atoms with Gasteiger partial charge in [-0.1, -0.05) is 12.1 Å². The number of Topliss-reactive ketones (excluding diaryl/α,β-unsaturated/α-hetero) is 4. The number of piperazine rings is 1. The molecule has 4 aliphatic carbocycles. The highest BCUT2D eigenvalue weighted by Gasteiger charge is 2.34. The molecule has 0 unspecified atom stereocenters. The minimum atomic E-state index is -0.0778. The van der Waals surface area contributed by atoms with Crippen molar-refractivity contribution in [3.05, 3.63) is 109 Å². The van der Waals surface area contributed by atoms with Crippen LogP contribution in [0.4, 0.5) is 5.69 Å². The second kappa shape index (κ2) is 32.9. The monoisotopic (exact) mass is 1530 g/mol. The molecule has 0 amide bonds. The smallest absolute Gasteiger partial charge is 0.225 e. The maximum absolute atomic E-state index is 11.7. The van der Waals surface area contributed by atoms with Crippen LogP contribution in [0.2, 0.25) is 0 Å². The molecular weight excluding hydrogens is 1430 g/mol. The van der Waals surface area contributed by atoms with Crippen LogP contribution in [0.3, 0.4) is 0 Å². The summed E-state index contributed by atoms with van der Waals surface area (Å²) in [5.41, 5.74) is 13.7. The summed E-state index contributed by atoms with van der Waals surface area (Å²) in [4.78, 5) is 70.7. The Bertz CT molecular complexity index is 5360. The number of aromatic nitrogens is 18. The van der Waals surface area contributed by atoms with Gasteiger partial charge in [0, 0.05) is 221 Å². The fourth-order valence-corrected chi connectivity index (χ4v) is 16.3. The quantitative estimate of drug-likeness (QED) is 0.0771. The van der Waals surface area contributed by atoms with Crippen LogP contribution in [0.15, 0.2) is 98.1 Å². The molecule has 2 saturated heterocycles. The van der Waals surface area contributed by atoms with Gasteiger partial charge in [0.05, 0.1) is 97.1 Å². The maximum Gasteiger partial charge on any atom is 0.225 e. The molecule has 4 saturated carbocycles. The van der Waals surface area contributed by atoms with Crippen LogP contribution >= 0.6 is 0 Å². The van der Waals surface area contributed by atoms with Crippen molar-refractivity contribution in [2.75, 3.05) is 51.3 Å². The molecule has 0 radical (unpaired) electrons. The Morgan fingerprint density at radius 1 is 0.425 bits per heavy atom. The number of ketones is 4. The van der Waals surface area contributed by atoms with Gasteiger partial charge in [-0.3, -0.25) is 52.0 Å². The first-order valence-corrected chi connectivity index (χ1v) is 39.6. The van der Waals surface area contributed by atoms with E-state index in [-0.39, 0.29) is 54.1 Å². The summed E-state index contributed by atoms with van der Waals surface area (Å²) in [7, 11) is 13.6. The normalized spacial score (nSPS) is 20.4. The van der Waals surface area contributed by atoms with Gasteiger partial charge in [-0.05, 0) is 117 Å². The predicted octanol–water partition coefficient (Wildman–Crippen LogP) is 12.1. The standard InChI is InChI=1S/C25H31N5O2.C21H25N5O3.2C19H23N5O2/c1-17(19-6-9-21(31)14-19)32-25-22-16-29(3)27-24(22)15-23(26-25)18-4-7-20(8-5-18)30-12-10-28(2)11-13-30;1-13(14-3-4-17(27)7-14)29-21-18-11-25(2)24-20(18)8-19(23-21)15-9-22-26(10-15)16-5-6-28-12-16;1-11-15(9-23(3)21-11)17-8-18-16(10-24(4)22-18)19(20-17)26-12(2)13-5-6-14(25)7-13;1-11-15(9-20-24(11)4)17-8-18-16(10-23(3)22-18)19(21-17)26-12(2)13-5-6-14(25)7-13/h4-5,7-8,15-17,19H,6,9-14H2,1-3H3;8-11,13-14,16H,3-7,12H2,1-2H3;2*8-10,12-13H,5-7H2,1-4H3/t17-,19+;13-,14+,16+;2*12-,13+/m1111/s1. The number of benzene rings is 1. The number of rotatable bonds is 18.